The third kappa shape index (κ3) is 2.77. The van der Waals surface area contributed by atoms with E-state index < -0.39 is 11.0 Å². The van der Waals surface area contributed by atoms with Crippen molar-refractivity contribution in [2.75, 3.05) is 13.1 Å². The lowest BCUT2D eigenvalue weighted by Crippen LogP contribution is -2.57. The van der Waals surface area contributed by atoms with Crippen LogP contribution in [0.4, 0.5) is 0 Å². The van der Waals surface area contributed by atoms with Gasteiger partial charge in [0, 0.05) is 12.1 Å². The number of hydrogen-bond acceptors (Lipinski definition) is 5. The van der Waals surface area contributed by atoms with E-state index in [1.54, 1.807) is 26.0 Å². The zero-order valence-corrected chi connectivity index (χ0v) is 14.6. The highest BCUT2D eigenvalue weighted by Crippen LogP contribution is 2.42. The molecule has 0 spiro atoms. The second-order valence-corrected chi connectivity index (χ2v) is 7.21. The number of Topliss-reactive ketones (excluding diaryl/α,β-unsaturated/α-hetero) is 1. The van der Waals surface area contributed by atoms with Crippen LogP contribution in [-0.2, 0) is 0 Å². The molecule has 2 heterocycles. The Labute approximate surface area is 146 Å². The van der Waals surface area contributed by atoms with Gasteiger partial charge in [0.2, 0.25) is 0 Å². The fourth-order valence-electron chi connectivity index (χ4n) is 3.40. The van der Waals surface area contributed by atoms with Crippen LogP contribution in [0.2, 0.25) is 5.02 Å². The maximum Gasteiger partial charge on any atom is 0.178 e. The van der Waals surface area contributed by atoms with Gasteiger partial charge in [-0.15, -0.1) is 0 Å². The minimum absolute atomic E-state index is 0.168. The summed E-state index contributed by atoms with van der Waals surface area (Å²) >= 11 is 6.25. The van der Waals surface area contributed by atoms with Crippen molar-refractivity contribution in [3.63, 3.8) is 0 Å². The fourth-order valence-corrected chi connectivity index (χ4v) is 3.63. The van der Waals surface area contributed by atoms with Crippen LogP contribution in [0.5, 0.6) is 0 Å². The average Bonchev–Trinajstić information content (AvgIpc) is 3.03. The van der Waals surface area contributed by atoms with E-state index in [9.17, 15) is 9.90 Å². The molecule has 0 bridgehead atoms. The summed E-state index contributed by atoms with van der Waals surface area (Å²) in [5.41, 5.74) is -0.682. The van der Waals surface area contributed by atoms with Crippen LogP contribution < -0.4 is 5.32 Å². The molecule has 2 aromatic rings. The SMILES string of the molecule is CC(C)(O)[C@]1(C(=O)c2conc2-c2ccccc2Cl)CCCNC1. The van der Waals surface area contributed by atoms with Crippen molar-refractivity contribution in [2.45, 2.75) is 32.3 Å². The van der Waals surface area contributed by atoms with Gasteiger partial charge in [0.15, 0.2) is 5.78 Å². The number of nitrogens with zero attached hydrogens (tertiary/aromatic N) is 1. The number of carbonyl (C=O) groups excluding carboxylic acids is 1. The number of halogens is 1. The van der Waals surface area contributed by atoms with Crippen LogP contribution >= 0.6 is 11.6 Å². The van der Waals surface area contributed by atoms with Crippen molar-refractivity contribution in [3.8, 4) is 11.3 Å². The Hall–Kier alpha value is -1.69. The second-order valence-electron chi connectivity index (χ2n) is 6.81. The van der Waals surface area contributed by atoms with Crippen LogP contribution in [-0.4, -0.2) is 34.7 Å². The number of nitrogens with one attached hydrogen (secondary N) is 1. The van der Waals surface area contributed by atoms with Crippen molar-refractivity contribution in [1.29, 1.82) is 0 Å². The zero-order chi connectivity index (χ0) is 17.4. The highest BCUT2D eigenvalue weighted by atomic mass is 35.5. The molecule has 24 heavy (non-hydrogen) atoms. The van der Waals surface area contributed by atoms with Crippen LogP contribution in [0.15, 0.2) is 35.1 Å². The molecule has 1 aromatic heterocycles. The lowest BCUT2D eigenvalue weighted by Gasteiger charge is -2.44. The number of ketones is 1. The molecule has 0 unspecified atom stereocenters. The maximum absolute atomic E-state index is 13.4. The minimum atomic E-state index is -1.17. The van der Waals surface area contributed by atoms with E-state index in [0.717, 1.165) is 13.0 Å². The molecule has 3 rings (SSSR count). The van der Waals surface area contributed by atoms with Gasteiger partial charge < -0.3 is 14.9 Å². The number of aromatic nitrogens is 1. The Morgan fingerprint density at radius 3 is 2.79 bits per heavy atom. The molecule has 1 aromatic carbocycles. The Morgan fingerprint density at radius 2 is 2.17 bits per heavy atom. The first-order valence-corrected chi connectivity index (χ1v) is 8.42. The van der Waals surface area contributed by atoms with Crippen LogP contribution in [0, 0.1) is 5.41 Å². The number of piperidine rings is 1. The summed E-state index contributed by atoms with van der Waals surface area (Å²) in [4.78, 5) is 13.4. The molecule has 1 atom stereocenters. The molecule has 1 fully saturated rings. The zero-order valence-electron chi connectivity index (χ0n) is 13.8. The van der Waals surface area contributed by atoms with Gasteiger partial charge in [0.1, 0.15) is 12.0 Å². The Morgan fingerprint density at radius 1 is 1.42 bits per heavy atom. The van der Waals surface area contributed by atoms with Crippen LogP contribution in [0.25, 0.3) is 11.3 Å². The van der Waals surface area contributed by atoms with Gasteiger partial charge in [-0.05, 0) is 39.3 Å². The van der Waals surface area contributed by atoms with E-state index in [2.05, 4.69) is 10.5 Å². The molecule has 1 saturated heterocycles. The van der Waals surface area contributed by atoms with E-state index in [4.69, 9.17) is 16.1 Å². The van der Waals surface area contributed by atoms with E-state index in [0.29, 0.717) is 34.8 Å². The lowest BCUT2D eigenvalue weighted by molar-refractivity contribution is -0.0482. The molecule has 0 aliphatic carbocycles. The molecule has 128 valence electrons. The largest absolute Gasteiger partial charge is 0.389 e. The molecule has 0 saturated carbocycles. The summed E-state index contributed by atoms with van der Waals surface area (Å²) in [7, 11) is 0. The van der Waals surface area contributed by atoms with Crippen LogP contribution in [0.1, 0.15) is 37.0 Å². The van der Waals surface area contributed by atoms with Gasteiger partial charge in [-0.1, -0.05) is 35.0 Å². The normalized spacial score (nSPS) is 21.7. The first kappa shape index (κ1) is 17.1. The van der Waals surface area contributed by atoms with E-state index in [1.165, 1.54) is 6.26 Å². The molecular formula is C18H21ClN2O3. The van der Waals surface area contributed by atoms with Gasteiger partial charge in [0.05, 0.1) is 21.6 Å². The third-order valence-corrected chi connectivity index (χ3v) is 5.26. The summed E-state index contributed by atoms with van der Waals surface area (Å²) in [6.07, 6.45) is 2.78. The molecule has 2 N–H and O–H groups in total. The number of benzene rings is 1. The Balaban J connectivity index is 2.08. The third-order valence-electron chi connectivity index (χ3n) is 4.93. The number of carbonyl (C=O) groups is 1. The maximum atomic E-state index is 13.4. The lowest BCUT2D eigenvalue weighted by atomic mass is 9.64. The molecule has 0 radical (unpaired) electrons. The summed E-state index contributed by atoms with van der Waals surface area (Å²) in [6, 6.07) is 7.19. The predicted molar refractivity (Wildman–Crippen MR) is 92.1 cm³/mol. The highest BCUT2D eigenvalue weighted by molar-refractivity contribution is 6.33. The highest BCUT2D eigenvalue weighted by Gasteiger charge is 2.51. The van der Waals surface area contributed by atoms with Crippen LogP contribution in [0.3, 0.4) is 0 Å². The van der Waals surface area contributed by atoms with E-state index >= 15 is 0 Å². The monoisotopic (exact) mass is 348 g/mol. The van der Waals surface area contributed by atoms with Gasteiger partial charge in [-0.25, -0.2) is 0 Å². The molecule has 6 heteroatoms. The molecule has 0 amide bonds. The quantitative estimate of drug-likeness (QED) is 0.829. The molecule has 1 aliphatic rings. The predicted octanol–water partition coefficient (Wildman–Crippen LogP) is 3.32. The topological polar surface area (TPSA) is 75.4 Å². The van der Waals surface area contributed by atoms with Crippen molar-refractivity contribution in [1.82, 2.24) is 10.5 Å². The minimum Gasteiger partial charge on any atom is -0.389 e. The van der Waals surface area contributed by atoms with Crippen molar-refractivity contribution in [2.24, 2.45) is 5.41 Å². The molecular weight excluding hydrogens is 328 g/mol. The van der Waals surface area contributed by atoms with Gasteiger partial charge in [-0.2, -0.15) is 0 Å². The fraction of sp³-hybridized carbons (Fsp3) is 0.444. The van der Waals surface area contributed by atoms with Gasteiger partial charge in [0.25, 0.3) is 0 Å². The summed E-state index contributed by atoms with van der Waals surface area (Å²) in [5, 5.41) is 18.5. The van der Waals surface area contributed by atoms with Crippen molar-refractivity contribution >= 4 is 17.4 Å². The smallest absolute Gasteiger partial charge is 0.178 e. The summed E-state index contributed by atoms with van der Waals surface area (Å²) in [5.74, 6) is -0.168. The second kappa shape index (κ2) is 6.31. The number of rotatable bonds is 4. The number of aliphatic hydroxyl groups is 1. The standard InChI is InChI=1S/C18H21ClN2O3/c1-17(2,23)18(8-5-9-20-11-18)16(22)13-10-24-21-15(13)12-6-3-4-7-14(12)19/h3-4,6-7,10,20,23H,5,8-9,11H2,1-2H3/t18-/m1/s1. The Bertz CT molecular complexity index is 743. The summed E-state index contributed by atoms with van der Waals surface area (Å²) < 4.78 is 5.09. The Kier molecular flexibility index (Phi) is 4.51. The molecule has 1 aliphatic heterocycles. The first-order chi connectivity index (χ1) is 11.4. The van der Waals surface area contributed by atoms with Gasteiger partial charge >= 0.3 is 0 Å². The van der Waals surface area contributed by atoms with Crippen molar-refractivity contribution < 1.29 is 14.4 Å². The molecule has 5 nitrogen and oxygen atoms in total. The average molecular weight is 349 g/mol. The van der Waals surface area contributed by atoms with E-state index in [-0.39, 0.29) is 5.78 Å². The van der Waals surface area contributed by atoms with E-state index in [1.807, 2.05) is 12.1 Å². The van der Waals surface area contributed by atoms with Crippen molar-refractivity contribution in [3.05, 3.63) is 41.1 Å². The van der Waals surface area contributed by atoms with Gasteiger partial charge in [-0.3, -0.25) is 4.79 Å². The number of hydrogen-bond donors (Lipinski definition) is 2. The summed E-state index contributed by atoms with van der Waals surface area (Å²) in [6.45, 7) is 4.62. The first-order valence-electron chi connectivity index (χ1n) is 8.04.